The van der Waals surface area contributed by atoms with Crippen LogP contribution in [0.25, 0.3) is 21.6 Å². The molecule has 0 spiro atoms. The summed E-state index contributed by atoms with van der Waals surface area (Å²) in [7, 11) is -3.55. The van der Waals surface area contributed by atoms with Gasteiger partial charge in [-0.3, -0.25) is 4.90 Å². The fourth-order valence-corrected chi connectivity index (χ4v) is 8.51. The van der Waals surface area contributed by atoms with E-state index in [-0.39, 0.29) is 25.9 Å². The third-order valence-corrected chi connectivity index (χ3v) is 10.5. The van der Waals surface area contributed by atoms with E-state index in [9.17, 15) is 12.8 Å². The second kappa shape index (κ2) is 10.2. The maximum absolute atomic E-state index is 12.9. The predicted molar refractivity (Wildman–Crippen MR) is 141 cm³/mol. The average molecular weight is 550 g/mol. The molecule has 200 valence electrons. The largest absolute Gasteiger partial charge is 0.395 e. The molecule has 1 aliphatic carbocycles. The molecule has 3 aromatic heterocycles. The average Bonchev–Trinajstić information content (AvgIpc) is 3.65. The standard InChI is InChI=1S/C24H32FN7O3S2/c25-3-7-31-6-2-20-21(14-31)36-24(30-20)19-11-27-23-18(1-4-26-23)22(19)29-17-9-15-12-32(13-16(15)10-17)37(34,35)28-5-8-33/h1,4,11,15-17,28,33H,2-3,5-10,12-14H2,(H2,26,27,29)/t15-,16+,17?. The van der Waals surface area contributed by atoms with Crippen LogP contribution in [0.1, 0.15) is 23.4 Å². The Morgan fingerprint density at radius 2 is 2.08 bits per heavy atom. The molecule has 1 saturated carbocycles. The molecular formula is C24H32FN7O3S2. The lowest BCUT2D eigenvalue weighted by atomic mass is 10.0. The Labute approximate surface area is 219 Å². The first-order valence-corrected chi connectivity index (χ1v) is 15.1. The van der Waals surface area contributed by atoms with Gasteiger partial charge in [0.1, 0.15) is 17.3 Å². The second-order valence-corrected chi connectivity index (χ2v) is 13.0. The van der Waals surface area contributed by atoms with Crippen LogP contribution in [0.15, 0.2) is 18.5 Å². The van der Waals surface area contributed by atoms with Crippen LogP contribution in [-0.4, -0.2) is 89.7 Å². The number of nitrogens with one attached hydrogen (secondary N) is 3. The van der Waals surface area contributed by atoms with E-state index in [2.05, 4.69) is 24.9 Å². The van der Waals surface area contributed by atoms with Crippen LogP contribution < -0.4 is 10.0 Å². The summed E-state index contributed by atoms with van der Waals surface area (Å²) in [6, 6.07) is 2.25. The molecule has 3 aliphatic rings. The Morgan fingerprint density at radius 1 is 1.27 bits per heavy atom. The van der Waals surface area contributed by atoms with Crippen molar-refractivity contribution in [2.24, 2.45) is 11.8 Å². The third-order valence-electron chi connectivity index (χ3n) is 7.83. The van der Waals surface area contributed by atoms with Crippen LogP contribution in [0, 0.1) is 11.8 Å². The van der Waals surface area contributed by atoms with Crippen molar-refractivity contribution in [1.29, 1.82) is 0 Å². The van der Waals surface area contributed by atoms with E-state index >= 15 is 0 Å². The van der Waals surface area contributed by atoms with Gasteiger partial charge in [0.2, 0.25) is 0 Å². The SMILES string of the molecule is O=S(=O)(NCCO)N1C[C@H]2CC(Nc3c(-c4nc5c(s4)CN(CCF)CC5)cnc4[nH]ccc34)C[C@H]2C1. The lowest BCUT2D eigenvalue weighted by molar-refractivity contribution is 0.232. The highest BCUT2D eigenvalue weighted by Crippen LogP contribution is 2.43. The van der Waals surface area contributed by atoms with Crippen LogP contribution in [0.5, 0.6) is 0 Å². The molecule has 3 aromatic rings. The molecule has 5 heterocycles. The summed E-state index contributed by atoms with van der Waals surface area (Å²) in [4.78, 5) is 16.1. The number of aromatic amines is 1. The Morgan fingerprint density at radius 3 is 2.84 bits per heavy atom. The van der Waals surface area contributed by atoms with Gasteiger partial charge in [0.25, 0.3) is 10.2 Å². The zero-order chi connectivity index (χ0) is 25.6. The van der Waals surface area contributed by atoms with Crippen molar-refractivity contribution >= 4 is 38.3 Å². The van der Waals surface area contributed by atoms with Crippen molar-refractivity contribution in [2.75, 3.05) is 51.3 Å². The van der Waals surface area contributed by atoms with E-state index in [4.69, 9.17) is 10.1 Å². The van der Waals surface area contributed by atoms with Gasteiger partial charge in [0, 0.05) is 74.4 Å². The molecule has 13 heteroatoms. The summed E-state index contributed by atoms with van der Waals surface area (Å²) < 4.78 is 41.9. The summed E-state index contributed by atoms with van der Waals surface area (Å²) in [5, 5.41) is 14.7. The summed E-state index contributed by atoms with van der Waals surface area (Å²) >= 11 is 1.66. The molecule has 1 saturated heterocycles. The predicted octanol–water partition coefficient (Wildman–Crippen LogP) is 1.96. The Kier molecular flexibility index (Phi) is 6.92. The Balaban J connectivity index is 1.22. The van der Waals surface area contributed by atoms with E-state index in [0.717, 1.165) is 65.3 Å². The van der Waals surface area contributed by atoms with Gasteiger partial charge in [0.05, 0.1) is 23.6 Å². The summed E-state index contributed by atoms with van der Waals surface area (Å²) in [5.74, 6) is 0.590. The summed E-state index contributed by atoms with van der Waals surface area (Å²) in [5.41, 5.74) is 3.89. The minimum Gasteiger partial charge on any atom is -0.395 e. The maximum Gasteiger partial charge on any atom is 0.279 e. The number of aliphatic hydroxyl groups is 1. The molecule has 2 aliphatic heterocycles. The van der Waals surface area contributed by atoms with Crippen molar-refractivity contribution in [3.05, 3.63) is 29.0 Å². The van der Waals surface area contributed by atoms with Gasteiger partial charge < -0.3 is 15.4 Å². The monoisotopic (exact) mass is 549 g/mol. The minimum atomic E-state index is -3.55. The molecule has 3 atom stereocenters. The maximum atomic E-state index is 12.9. The van der Waals surface area contributed by atoms with E-state index in [1.807, 2.05) is 18.5 Å². The first-order chi connectivity index (χ1) is 17.9. The fourth-order valence-electron chi connectivity index (χ4n) is 6.04. The smallest absolute Gasteiger partial charge is 0.279 e. The van der Waals surface area contributed by atoms with Crippen molar-refractivity contribution in [3.8, 4) is 10.6 Å². The molecule has 37 heavy (non-hydrogen) atoms. The number of alkyl halides is 1. The van der Waals surface area contributed by atoms with E-state index in [0.29, 0.717) is 31.5 Å². The summed E-state index contributed by atoms with van der Waals surface area (Å²) in [6.07, 6.45) is 6.36. The van der Waals surface area contributed by atoms with Gasteiger partial charge in [-0.05, 0) is 30.7 Å². The molecule has 0 aromatic carbocycles. The molecule has 4 N–H and O–H groups in total. The number of anilines is 1. The first-order valence-electron chi connectivity index (χ1n) is 12.8. The number of nitrogens with zero attached hydrogens (tertiary/aromatic N) is 4. The molecule has 0 bridgehead atoms. The minimum absolute atomic E-state index is 0.0316. The number of rotatable bonds is 9. The van der Waals surface area contributed by atoms with Gasteiger partial charge in [-0.2, -0.15) is 17.4 Å². The first kappa shape index (κ1) is 25.1. The zero-order valence-electron chi connectivity index (χ0n) is 20.5. The molecule has 6 rings (SSSR count). The van der Waals surface area contributed by atoms with Crippen molar-refractivity contribution in [3.63, 3.8) is 0 Å². The highest BCUT2D eigenvalue weighted by Gasteiger charge is 2.44. The number of fused-ring (bicyclic) bond motifs is 3. The van der Waals surface area contributed by atoms with Gasteiger partial charge in [-0.25, -0.2) is 14.4 Å². The van der Waals surface area contributed by atoms with Gasteiger partial charge >= 0.3 is 0 Å². The molecule has 0 radical (unpaired) electrons. The number of halogens is 1. The van der Waals surface area contributed by atoms with Gasteiger partial charge in [-0.15, -0.1) is 11.3 Å². The van der Waals surface area contributed by atoms with Crippen LogP contribution in [-0.2, 0) is 23.2 Å². The molecular weight excluding hydrogens is 517 g/mol. The zero-order valence-corrected chi connectivity index (χ0v) is 22.1. The number of hydrogen-bond acceptors (Lipinski definition) is 8. The second-order valence-electron chi connectivity index (χ2n) is 10.2. The van der Waals surface area contributed by atoms with Gasteiger partial charge in [-0.1, -0.05) is 0 Å². The van der Waals surface area contributed by atoms with Crippen LogP contribution in [0.2, 0.25) is 0 Å². The molecule has 1 unspecified atom stereocenters. The number of H-pyrrole nitrogens is 1. The Hall–Kier alpha value is -2.16. The van der Waals surface area contributed by atoms with Crippen molar-refractivity contribution in [1.82, 2.24) is 28.9 Å². The lowest BCUT2D eigenvalue weighted by Crippen LogP contribution is -2.41. The van der Waals surface area contributed by atoms with Crippen LogP contribution in [0.3, 0.4) is 0 Å². The number of aromatic nitrogens is 3. The number of thiazole rings is 1. The number of hydrogen-bond donors (Lipinski definition) is 4. The van der Waals surface area contributed by atoms with Crippen LogP contribution >= 0.6 is 11.3 Å². The topological polar surface area (TPSA) is 126 Å². The van der Waals surface area contributed by atoms with E-state index in [1.165, 1.54) is 9.18 Å². The number of pyridine rings is 1. The van der Waals surface area contributed by atoms with Crippen molar-refractivity contribution < 1.29 is 17.9 Å². The normalized spacial score (nSPS) is 24.5. The van der Waals surface area contributed by atoms with Crippen LogP contribution in [0.4, 0.5) is 10.1 Å². The molecule has 10 nitrogen and oxygen atoms in total. The number of aliphatic hydroxyl groups excluding tert-OH is 1. The quantitative estimate of drug-likeness (QED) is 0.321. The van der Waals surface area contributed by atoms with Gasteiger partial charge in [0.15, 0.2) is 0 Å². The summed E-state index contributed by atoms with van der Waals surface area (Å²) in [6.45, 7) is 2.50. The van der Waals surface area contributed by atoms with E-state index < -0.39 is 10.2 Å². The Bertz CT molecular complexity index is 1360. The fraction of sp³-hybridized carbons (Fsp3) is 0.583. The molecule has 2 fully saturated rings. The van der Waals surface area contributed by atoms with Crippen molar-refractivity contribution in [2.45, 2.75) is 31.8 Å². The lowest BCUT2D eigenvalue weighted by Gasteiger charge is -2.24. The highest BCUT2D eigenvalue weighted by atomic mass is 32.2. The van der Waals surface area contributed by atoms with E-state index in [1.54, 1.807) is 11.3 Å². The third kappa shape index (κ3) is 4.88. The highest BCUT2D eigenvalue weighted by molar-refractivity contribution is 7.87. The molecule has 0 amide bonds.